The fourth-order valence-corrected chi connectivity index (χ4v) is 1.65. The van der Waals surface area contributed by atoms with Crippen molar-refractivity contribution >= 4 is 11.9 Å². The van der Waals surface area contributed by atoms with Gasteiger partial charge in [0.25, 0.3) is 0 Å². The Morgan fingerprint density at radius 3 is 2.50 bits per heavy atom. The lowest BCUT2D eigenvalue weighted by molar-refractivity contribution is -0.897. The van der Waals surface area contributed by atoms with Crippen LogP contribution in [0, 0.1) is 0 Å². The molecule has 1 aliphatic heterocycles. The molecule has 0 aliphatic carbocycles. The molecule has 0 aromatic heterocycles. The van der Waals surface area contributed by atoms with Crippen molar-refractivity contribution in [3.63, 3.8) is 0 Å². The molecule has 0 aromatic carbocycles. The normalized spacial score (nSPS) is 23.4. The molecule has 0 bridgehead atoms. The first kappa shape index (κ1) is 8.31. The van der Waals surface area contributed by atoms with Crippen LogP contribution in [0.3, 0.4) is 0 Å². The predicted octanol–water partition coefficient (Wildman–Crippen LogP) is 1.40. The molecule has 1 saturated heterocycles. The van der Waals surface area contributed by atoms with Gasteiger partial charge in [0.2, 0.25) is 0 Å². The van der Waals surface area contributed by atoms with E-state index < -0.39 is 0 Å². The Balaban J connectivity index is 2.22. The number of quaternary nitrogens is 1. The predicted molar refractivity (Wildman–Crippen MR) is 41.8 cm³/mol. The van der Waals surface area contributed by atoms with Crippen LogP contribution in [0.25, 0.3) is 0 Å². The highest BCUT2D eigenvalue weighted by Gasteiger charge is 2.25. The molecule has 0 saturated carbocycles. The van der Waals surface area contributed by atoms with Gasteiger partial charge in [-0.1, -0.05) is 0 Å². The van der Waals surface area contributed by atoms with E-state index in [1.807, 2.05) is 0 Å². The second-order valence-electron chi connectivity index (χ2n) is 3.31. The van der Waals surface area contributed by atoms with Gasteiger partial charge in [-0.2, -0.15) is 0 Å². The second kappa shape index (κ2) is 3.56. The lowest BCUT2D eigenvalue weighted by atomic mass is 10.4. The Morgan fingerprint density at radius 2 is 2.00 bits per heavy atom. The highest BCUT2D eigenvalue weighted by Crippen LogP contribution is 2.15. The summed E-state index contributed by atoms with van der Waals surface area (Å²) < 4.78 is 5.67. The van der Waals surface area contributed by atoms with E-state index in [1.54, 1.807) is 0 Å². The Morgan fingerprint density at radius 1 is 1.40 bits per heavy atom. The Hall–Kier alpha value is 0.210. The highest BCUT2D eigenvalue weighted by atomic mass is 35.5. The van der Waals surface area contributed by atoms with Gasteiger partial charge in [0.1, 0.15) is 13.2 Å². The molecule has 60 valence electrons. The zero-order valence-electron chi connectivity index (χ0n) is 6.48. The van der Waals surface area contributed by atoms with E-state index in [0.29, 0.717) is 6.61 Å². The summed E-state index contributed by atoms with van der Waals surface area (Å²) in [6, 6.07) is 0. The molecule has 1 fully saturated rings. The zero-order chi connectivity index (χ0) is 7.45. The monoisotopic (exact) mass is 164 g/mol. The van der Waals surface area contributed by atoms with Gasteiger partial charge in [0.05, 0.1) is 32.0 Å². The minimum absolute atomic E-state index is 0.679. The average molecular weight is 165 g/mol. The molecule has 2 nitrogen and oxygen atoms in total. The van der Waals surface area contributed by atoms with Crippen LogP contribution >= 0.6 is 11.9 Å². The molecule has 1 aliphatic rings. The topological polar surface area (TPSA) is 9.23 Å². The molecule has 0 aromatic rings. The number of likely N-dealkylation sites (N-methyl/N-ethyl adjacent to an activating group) is 1. The summed E-state index contributed by atoms with van der Waals surface area (Å²) in [5, 5.41) is 0. The van der Waals surface area contributed by atoms with Gasteiger partial charge in [-0.3, -0.25) is 4.29 Å². The van der Waals surface area contributed by atoms with Crippen LogP contribution in [0.5, 0.6) is 0 Å². The average Bonchev–Trinajstić information content (AvgIpc) is 2.33. The first-order valence-corrected chi connectivity index (χ1v) is 4.15. The minimum atomic E-state index is 0.679. The number of hydrogen-bond donors (Lipinski definition) is 0. The van der Waals surface area contributed by atoms with Gasteiger partial charge in [-0.25, -0.2) is 0 Å². The zero-order valence-corrected chi connectivity index (χ0v) is 7.23. The van der Waals surface area contributed by atoms with E-state index in [-0.39, 0.29) is 0 Å². The summed E-state index contributed by atoms with van der Waals surface area (Å²) in [5.41, 5.74) is 0. The molecule has 1 rings (SSSR count). The molecule has 0 amide bonds. The van der Waals surface area contributed by atoms with Crippen molar-refractivity contribution in [2.24, 2.45) is 0 Å². The fourth-order valence-electron chi connectivity index (χ4n) is 1.58. The van der Waals surface area contributed by atoms with E-state index in [0.717, 1.165) is 11.0 Å². The van der Waals surface area contributed by atoms with Crippen molar-refractivity contribution in [1.29, 1.82) is 0 Å². The van der Waals surface area contributed by atoms with Gasteiger partial charge < -0.3 is 4.48 Å². The van der Waals surface area contributed by atoms with Gasteiger partial charge in [0.15, 0.2) is 0 Å². The third-order valence-electron chi connectivity index (χ3n) is 2.35. The fraction of sp³-hybridized carbons (Fsp3) is 1.00. The molecule has 0 unspecified atom stereocenters. The maximum Gasteiger partial charge on any atom is 0.117 e. The molecule has 10 heavy (non-hydrogen) atoms. The molecule has 0 radical (unpaired) electrons. The van der Waals surface area contributed by atoms with E-state index in [1.165, 1.54) is 25.9 Å². The summed E-state index contributed by atoms with van der Waals surface area (Å²) in [7, 11) is 2.27. The summed E-state index contributed by atoms with van der Waals surface area (Å²) in [6.07, 6.45) is 2.72. The molecule has 0 atom stereocenters. The van der Waals surface area contributed by atoms with Crippen LogP contribution < -0.4 is 0 Å². The number of rotatable bonds is 3. The van der Waals surface area contributed by atoms with Crippen molar-refractivity contribution in [2.45, 2.75) is 12.8 Å². The highest BCUT2D eigenvalue weighted by molar-refractivity contribution is 6.07. The van der Waals surface area contributed by atoms with Crippen LogP contribution in [0.1, 0.15) is 12.8 Å². The number of hydrogen-bond acceptors (Lipinski definition) is 1. The molecule has 1 heterocycles. The van der Waals surface area contributed by atoms with Gasteiger partial charge in [-0.15, -0.1) is 0 Å². The Labute approximate surface area is 67.5 Å². The smallest absolute Gasteiger partial charge is 0.117 e. The van der Waals surface area contributed by atoms with Gasteiger partial charge in [0, 0.05) is 12.8 Å². The summed E-state index contributed by atoms with van der Waals surface area (Å²) in [4.78, 5) is 0. The lowest BCUT2D eigenvalue weighted by Crippen LogP contribution is -2.43. The van der Waals surface area contributed by atoms with Crippen molar-refractivity contribution in [2.75, 3.05) is 33.3 Å². The first-order valence-electron chi connectivity index (χ1n) is 3.84. The Kier molecular flexibility index (Phi) is 2.96. The maximum absolute atomic E-state index is 5.13. The van der Waals surface area contributed by atoms with Crippen molar-refractivity contribution in [3.8, 4) is 0 Å². The minimum Gasteiger partial charge on any atom is -0.324 e. The van der Waals surface area contributed by atoms with Crippen LogP contribution in [0.15, 0.2) is 0 Å². The standard InChI is InChI=1S/C7H15ClNO/c1-9(6-7-10-8)4-2-3-5-9/h2-7H2,1H3/q+1. The molecular weight excluding hydrogens is 150 g/mol. The lowest BCUT2D eigenvalue weighted by Gasteiger charge is -2.28. The first-order chi connectivity index (χ1) is 4.77. The van der Waals surface area contributed by atoms with Crippen molar-refractivity contribution < 1.29 is 8.77 Å². The summed E-state index contributed by atoms with van der Waals surface area (Å²) >= 11 is 5.13. The number of nitrogens with zero attached hydrogens (tertiary/aromatic N) is 1. The van der Waals surface area contributed by atoms with Crippen LogP contribution in [-0.2, 0) is 4.29 Å². The van der Waals surface area contributed by atoms with E-state index in [2.05, 4.69) is 11.3 Å². The van der Waals surface area contributed by atoms with Gasteiger partial charge in [-0.05, 0) is 0 Å². The van der Waals surface area contributed by atoms with E-state index in [9.17, 15) is 0 Å². The third-order valence-corrected chi connectivity index (χ3v) is 2.51. The van der Waals surface area contributed by atoms with Gasteiger partial charge >= 0.3 is 0 Å². The van der Waals surface area contributed by atoms with E-state index in [4.69, 9.17) is 11.9 Å². The third kappa shape index (κ3) is 2.11. The largest absolute Gasteiger partial charge is 0.324 e. The molecule has 3 heteroatoms. The van der Waals surface area contributed by atoms with Crippen LogP contribution in [-0.4, -0.2) is 37.8 Å². The van der Waals surface area contributed by atoms with Crippen LogP contribution in [0.4, 0.5) is 0 Å². The number of likely N-dealkylation sites (tertiary alicyclic amines) is 1. The Bertz CT molecular complexity index is 102. The quantitative estimate of drug-likeness (QED) is 0.573. The molecular formula is C7H15ClNO+. The SMILES string of the molecule is C[N+]1(CCOCl)CCCC1. The second-order valence-corrected chi connectivity index (χ2v) is 3.53. The van der Waals surface area contributed by atoms with Crippen LogP contribution in [0.2, 0.25) is 0 Å². The van der Waals surface area contributed by atoms with Crippen molar-refractivity contribution in [3.05, 3.63) is 0 Å². The number of halogens is 1. The maximum atomic E-state index is 5.13. The van der Waals surface area contributed by atoms with E-state index >= 15 is 0 Å². The summed E-state index contributed by atoms with van der Waals surface area (Å²) in [6.45, 7) is 4.32. The molecule has 0 spiro atoms. The van der Waals surface area contributed by atoms with Crippen molar-refractivity contribution in [1.82, 2.24) is 0 Å². The molecule has 0 N–H and O–H groups in total. The summed E-state index contributed by atoms with van der Waals surface area (Å²) in [5.74, 6) is 0.